The highest BCUT2D eigenvalue weighted by atomic mass is 35.6. The number of alkyl halides is 3. The Labute approximate surface area is 187 Å². The lowest BCUT2D eigenvalue weighted by Gasteiger charge is -2.14. The Morgan fingerprint density at radius 1 is 0.933 bits per heavy atom. The van der Waals surface area contributed by atoms with Crippen molar-refractivity contribution in [3.63, 3.8) is 0 Å². The van der Waals surface area contributed by atoms with Gasteiger partial charge >= 0.3 is 0 Å². The molecule has 9 heteroatoms. The number of fused-ring (bicyclic) bond motifs is 1. The molecule has 0 fully saturated rings. The number of nitrogens with zero attached hydrogens (tertiary/aromatic N) is 4. The molecule has 0 aliphatic rings. The van der Waals surface area contributed by atoms with Crippen molar-refractivity contribution in [2.24, 2.45) is 0 Å². The summed E-state index contributed by atoms with van der Waals surface area (Å²) in [6, 6.07) is 16.8. The molecule has 2 heterocycles. The maximum absolute atomic E-state index is 11.9. The second-order valence-corrected chi connectivity index (χ2v) is 8.63. The fourth-order valence-corrected chi connectivity index (χ4v) is 3.25. The van der Waals surface area contributed by atoms with Crippen LogP contribution in [0.2, 0.25) is 0 Å². The monoisotopic (exact) mass is 457 g/mol. The van der Waals surface area contributed by atoms with E-state index >= 15 is 0 Å². The largest absolute Gasteiger partial charge is 0.348 e. The first-order valence-corrected chi connectivity index (χ1v) is 10.0. The number of pyridine rings is 1. The number of carbonyl (C=O) groups is 1. The molecule has 0 radical (unpaired) electrons. The zero-order chi connectivity index (χ0) is 21.1. The number of aromatic nitrogens is 4. The Morgan fingerprint density at radius 2 is 1.73 bits per heavy atom. The SMILES string of the molecule is O=Cc1c(-c2nc(NCc3ccccn3)nc(C(Cl)(Cl)Cl)n2)ccc2ccccc12. The minimum Gasteiger partial charge on any atom is -0.348 e. The van der Waals surface area contributed by atoms with E-state index in [0.717, 1.165) is 22.8 Å². The highest BCUT2D eigenvalue weighted by Crippen LogP contribution is 2.37. The Balaban J connectivity index is 1.81. The number of benzene rings is 2. The number of nitrogens with one attached hydrogen (secondary N) is 1. The van der Waals surface area contributed by atoms with Crippen LogP contribution in [0.25, 0.3) is 22.2 Å². The molecular weight excluding hydrogens is 445 g/mol. The van der Waals surface area contributed by atoms with Crippen LogP contribution in [-0.2, 0) is 10.3 Å². The zero-order valence-electron chi connectivity index (χ0n) is 15.4. The number of rotatable bonds is 5. The number of carbonyl (C=O) groups excluding carboxylic acids is 1. The smallest absolute Gasteiger partial charge is 0.250 e. The molecule has 30 heavy (non-hydrogen) atoms. The zero-order valence-corrected chi connectivity index (χ0v) is 17.7. The van der Waals surface area contributed by atoms with E-state index in [4.69, 9.17) is 34.8 Å². The molecule has 0 spiro atoms. The van der Waals surface area contributed by atoms with Crippen LogP contribution < -0.4 is 5.32 Å². The van der Waals surface area contributed by atoms with E-state index in [1.54, 1.807) is 12.3 Å². The highest BCUT2D eigenvalue weighted by Gasteiger charge is 2.29. The van der Waals surface area contributed by atoms with Gasteiger partial charge in [0.05, 0.1) is 12.2 Å². The van der Waals surface area contributed by atoms with Crippen molar-refractivity contribution >= 4 is 57.8 Å². The predicted octanol–water partition coefficient (Wildman–Crippen LogP) is 5.34. The first-order valence-electron chi connectivity index (χ1n) is 8.90. The second-order valence-electron chi connectivity index (χ2n) is 6.34. The van der Waals surface area contributed by atoms with Gasteiger partial charge in [-0.25, -0.2) is 4.98 Å². The Bertz CT molecular complexity index is 1210. The van der Waals surface area contributed by atoms with Crippen molar-refractivity contribution < 1.29 is 4.79 Å². The lowest BCUT2D eigenvalue weighted by Crippen LogP contribution is -2.14. The molecule has 4 aromatic rings. The molecule has 1 N–H and O–H groups in total. The molecule has 2 aromatic carbocycles. The third-order valence-electron chi connectivity index (χ3n) is 4.37. The van der Waals surface area contributed by atoms with E-state index in [1.807, 2.05) is 48.5 Å². The van der Waals surface area contributed by atoms with E-state index in [9.17, 15) is 4.79 Å². The van der Waals surface area contributed by atoms with Gasteiger partial charge in [-0.15, -0.1) is 0 Å². The summed E-state index contributed by atoms with van der Waals surface area (Å²) in [5.74, 6) is 0.380. The van der Waals surface area contributed by atoms with E-state index in [2.05, 4.69) is 25.3 Å². The van der Waals surface area contributed by atoms with Crippen LogP contribution in [0.4, 0.5) is 5.95 Å². The summed E-state index contributed by atoms with van der Waals surface area (Å²) in [5, 5.41) is 4.77. The highest BCUT2D eigenvalue weighted by molar-refractivity contribution is 6.66. The minimum atomic E-state index is -1.86. The van der Waals surface area contributed by atoms with Gasteiger partial charge in [0.1, 0.15) is 0 Å². The van der Waals surface area contributed by atoms with Crippen LogP contribution in [0, 0.1) is 0 Å². The summed E-state index contributed by atoms with van der Waals surface area (Å²) < 4.78 is -1.86. The van der Waals surface area contributed by atoms with Crippen LogP contribution in [-0.4, -0.2) is 26.2 Å². The maximum Gasteiger partial charge on any atom is 0.250 e. The molecular formula is C21H14Cl3N5O. The first kappa shape index (κ1) is 20.5. The molecule has 0 saturated heterocycles. The van der Waals surface area contributed by atoms with Crippen LogP contribution >= 0.6 is 34.8 Å². The van der Waals surface area contributed by atoms with Crippen LogP contribution in [0.3, 0.4) is 0 Å². The van der Waals surface area contributed by atoms with Gasteiger partial charge in [0.15, 0.2) is 17.9 Å². The Morgan fingerprint density at radius 3 is 2.47 bits per heavy atom. The summed E-state index contributed by atoms with van der Waals surface area (Å²) in [6.45, 7) is 0.363. The number of hydrogen-bond acceptors (Lipinski definition) is 6. The minimum absolute atomic E-state index is 0.0500. The van der Waals surface area contributed by atoms with Crippen LogP contribution in [0.5, 0.6) is 0 Å². The number of anilines is 1. The lowest BCUT2D eigenvalue weighted by atomic mass is 9.99. The van der Waals surface area contributed by atoms with E-state index < -0.39 is 3.79 Å². The summed E-state index contributed by atoms with van der Waals surface area (Å²) in [4.78, 5) is 29.2. The van der Waals surface area contributed by atoms with Gasteiger partial charge in [0.2, 0.25) is 9.74 Å². The van der Waals surface area contributed by atoms with Crippen LogP contribution in [0.15, 0.2) is 60.8 Å². The van der Waals surface area contributed by atoms with Crippen molar-refractivity contribution in [2.45, 2.75) is 10.3 Å². The van der Waals surface area contributed by atoms with Gasteiger partial charge in [0, 0.05) is 17.3 Å². The van der Waals surface area contributed by atoms with E-state index in [-0.39, 0.29) is 17.6 Å². The van der Waals surface area contributed by atoms with Gasteiger partial charge in [-0.3, -0.25) is 9.78 Å². The molecule has 6 nitrogen and oxygen atoms in total. The topological polar surface area (TPSA) is 80.7 Å². The molecule has 150 valence electrons. The summed E-state index contributed by atoms with van der Waals surface area (Å²) >= 11 is 18.1. The van der Waals surface area contributed by atoms with Gasteiger partial charge in [0.25, 0.3) is 0 Å². The van der Waals surface area contributed by atoms with Crippen molar-refractivity contribution in [1.82, 2.24) is 19.9 Å². The lowest BCUT2D eigenvalue weighted by molar-refractivity contribution is 0.112. The first-order chi connectivity index (χ1) is 14.5. The Kier molecular flexibility index (Phi) is 5.81. The quantitative estimate of drug-likeness (QED) is 0.321. The fourth-order valence-electron chi connectivity index (χ4n) is 2.99. The summed E-state index contributed by atoms with van der Waals surface area (Å²) in [7, 11) is 0. The molecule has 0 atom stereocenters. The number of hydrogen-bond donors (Lipinski definition) is 1. The number of aldehydes is 1. The molecule has 0 aliphatic heterocycles. The Hall–Kier alpha value is -2.80. The molecule has 0 bridgehead atoms. The van der Waals surface area contributed by atoms with E-state index in [0.29, 0.717) is 17.7 Å². The second kappa shape index (κ2) is 8.52. The normalized spacial score (nSPS) is 11.4. The molecule has 4 rings (SSSR count). The van der Waals surface area contributed by atoms with Crippen molar-refractivity contribution in [2.75, 3.05) is 5.32 Å². The fraction of sp³-hybridized carbons (Fsp3) is 0.0952. The molecule has 0 saturated carbocycles. The molecule has 2 aromatic heterocycles. The predicted molar refractivity (Wildman–Crippen MR) is 119 cm³/mol. The summed E-state index contributed by atoms with van der Waals surface area (Å²) in [5.41, 5.74) is 1.75. The third kappa shape index (κ3) is 4.36. The number of halogens is 3. The maximum atomic E-state index is 11.9. The standard InChI is InChI=1S/C21H14Cl3N5O/c22-21(23,24)19-27-18(28-20(29-19)26-11-14-6-3-4-10-25-14)16-9-8-13-5-1-2-7-15(13)17(16)12-30/h1-10,12H,11H2,(H,26,27,28,29). The molecule has 0 aliphatic carbocycles. The van der Waals surface area contributed by atoms with E-state index in [1.165, 1.54) is 0 Å². The third-order valence-corrected chi connectivity index (χ3v) is 4.88. The molecule has 0 unspecified atom stereocenters. The average molecular weight is 459 g/mol. The van der Waals surface area contributed by atoms with Crippen molar-refractivity contribution in [3.8, 4) is 11.4 Å². The van der Waals surface area contributed by atoms with Crippen molar-refractivity contribution in [3.05, 3.63) is 77.9 Å². The molecule has 0 amide bonds. The van der Waals surface area contributed by atoms with Crippen LogP contribution in [0.1, 0.15) is 21.9 Å². The van der Waals surface area contributed by atoms with Crippen molar-refractivity contribution in [1.29, 1.82) is 0 Å². The average Bonchev–Trinajstić information content (AvgIpc) is 2.76. The van der Waals surface area contributed by atoms with Gasteiger partial charge < -0.3 is 5.32 Å². The van der Waals surface area contributed by atoms with Gasteiger partial charge in [-0.2, -0.15) is 9.97 Å². The summed E-state index contributed by atoms with van der Waals surface area (Å²) in [6.07, 6.45) is 2.46. The van der Waals surface area contributed by atoms with Gasteiger partial charge in [-0.1, -0.05) is 71.2 Å². The van der Waals surface area contributed by atoms with Gasteiger partial charge in [-0.05, 0) is 29.0 Å².